The highest BCUT2D eigenvalue weighted by molar-refractivity contribution is 7.89. The topological polar surface area (TPSA) is 101 Å². The van der Waals surface area contributed by atoms with E-state index >= 15 is 0 Å². The van der Waals surface area contributed by atoms with Crippen molar-refractivity contribution in [2.75, 3.05) is 18.4 Å². The van der Waals surface area contributed by atoms with Crippen LogP contribution in [0.4, 0.5) is 5.69 Å². The lowest BCUT2D eigenvalue weighted by Gasteiger charge is -2.26. The first kappa shape index (κ1) is 14.3. The van der Waals surface area contributed by atoms with Crippen molar-refractivity contribution < 1.29 is 13.2 Å². The summed E-state index contributed by atoms with van der Waals surface area (Å²) in [5.74, 6) is 0.125. The SMILES string of the molecule is NS(=O)(=O)c1ccc(Cl)c(NC(=O)CC2CNC2)c1. The van der Waals surface area contributed by atoms with Crippen LogP contribution in [0.25, 0.3) is 0 Å². The number of benzene rings is 1. The average molecular weight is 304 g/mol. The van der Waals surface area contributed by atoms with Crippen molar-refractivity contribution in [1.29, 1.82) is 0 Å². The third-order valence-electron chi connectivity index (χ3n) is 2.88. The van der Waals surface area contributed by atoms with Crippen LogP contribution in [0, 0.1) is 5.92 Å². The molecule has 4 N–H and O–H groups in total. The molecule has 0 spiro atoms. The number of hydrogen-bond acceptors (Lipinski definition) is 4. The van der Waals surface area contributed by atoms with Crippen molar-refractivity contribution in [2.24, 2.45) is 11.1 Å². The maximum atomic E-state index is 11.8. The number of halogens is 1. The maximum Gasteiger partial charge on any atom is 0.238 e. The molecule has 1 fully saturated rings. The Morgan fingerprint density at radius 3 is 2.68 bits per heavy atom. The van der Waals surface area contributed by atoms with Crippen molar-refractivity contribution in [3.05, 3.63) is 23.2 Å². The van der Waals surface area contributed by atoms with Gasteiger partial charge in [-0.05, 0) is 37.2 Å². The molecule has 2 rings (SSSR count). The predicted octanol–water partition coefficient (Wildman–Crippen LogP) is 0.535. The second kappa shape index (κ2) is 5.46. The van der Waals surface area contributed by atoms with Gasteiger partial charge in [-0.2, -0.15) is 0 Å². The lowest BCUT2D eigenvalue weighted by Crippen LogP contribution is -2.43. The summed E-state index contributed by atoms with van der Waals surface area (Å²) >= 11 is 5.91. The molecule has 1 aromatic rings. The molecule has 1 amide bonds. The van der Waals surface area contributed by atoms with Crippen LogP contribution in [0.5, 0.6) is 0 Å². The van der Waals surface area contributed by atoms with Crippen molar-refractivity contribution in [3.8, 4) is 0 Å². The maximum absolute atomic E-state index is 11.8. The number of sulfonamides is 1. The van der Waals surface area contributed by atoms with E-state index in [1.807, 2.05) is 0 Å². The van der Waals surface area contributed by atoms with Gasteiger partial charge >= 0.3 is 0 Å². The average Bonchev–Trinajstić information content (AvgIpc) is 2.25. The molecule has 1 heterocycles. The van der Waals surface area contributed by atoms with Gasteiger partial charge in [-0.25, -0.2) is 13.6 Å². The third-order valence-corrected chi connectivity index (χ3v) is 4.12. The highest BCUT2D eigenvalue weighted by Crippen LogP contribution is 2.25. The molecule has 1 saturated heterocycles. The van der Waals surface area contributed by atoms with E-state index in [0.717, 1.165) is 13.1 Å². The van der Waals surface area contributed by atoms with Crippen molar-refractivity contribution >= 4 is 33.2 Å². The van der Waals surface area contributed by atoms with Gasteiger partial charge < -0.3 is 10.6 Å². The Morgan fingerprint density at radius 1 is 1.47 bits per heavy atom. The van der Waals surface area contributed by atoms with Gasteiger partial charge in [0.1, 0.15) is 0 Å². The van der Waals surface area contributed by atoms with E-state index in [0.29, 0.717) is 12.3 Å². The highest BCUT2D eigenvalue weighted by atomic mass is 35.5. The lowest BCUT2D eigenvalue weighted by molar-refractivity contribution is -0.117. The molecule has 104 valence electrons. The third kappa shape index (κ3) is 3.66. The molecule has 1 aromatic carbocycles. The Morgan fingerprint density at radius 2 is 2.16 bits per heavy atom. The number of rotatable bonds is 4. The molecule has 0 saturated carbocycles. The smallest absolute Gasteiger partial charge is 0.238 e. The Balaban J connectivity index is 2.12. The zero-order valence-corrected chi connectivity index (χ0v) is 11.6. The first-order chi connectivity index (χ1) is 8.86. The van der Waals surface area contributed by atoms with Gasteiger partial charge in [-0.1, -0.05) is 11.6 Å². The minimum atomic E-state index is -3.81. The summed E-state index contributed by atoms with van der Waals surface area (Å²) < 4.78 is 22.5. The number of primary sulfonamides is 1. The van der Waals surface area contributed by atoms with E-state index < -0.39 is 10.0 Å². The molecule has 0 aromatic heterocycles. The summed E-state index contributed by atoms with van der Waals surface area (Å²) in [7, 11) is -3.81. The Labute approximate surface area is 116 Å². The fraction of sp³-hybridized carbons (Fsp3) is 0.364. The fourth-order valence-corrected chi connectivity index (χ4v) is 2.44. The van der Waals surface area contributed by atoms with Crippen molar-refractivity contribution in [1.82, 2.24) is 5.32 Å². The predicted molar refractivity (Wildman–Crippen MR) is 72.4 cm³/mol. The Bertz CT molecular complexity index is 599. The van der Waals surface area contributed by atoms with Gasteiger partial charge in [-0.3, -0.25) is 4.79 Å². The van der Waals surface area contributed by atoms with E-state index in [4.69, 9.17) is 16.7 Å². The summed E-state index contributed by atoms with van der Waals surface area (Å²) in [5, 5.41) is 11.0. The van der Waals surface area contributed by atoms with Crippen LogP contribution in [0.1, 0.15) is 6.42 Å². The van der Waals surface area contributed by atoms with E-state index in [2.05, 4.69) is 10.6 Å². The molecule has 6 nitrogen and oxygen atoms in total. The molecule has 0 radical (unpaired) electrons. The van der Waals surface area contributed by atoms with Gasteiger partial charge in [0.2, 0.25) is 15.9 Å². The molecule has 8 heteroatoms. The molecule has 0 bridgehead atoms. The summed E-state index contributed by atoms with van der Waals surface area (Å²) in [6, 6.07) is 3.94. The van der Waals surface area contributed by atoms with E-state index in [1.54, 1.807) is 0 Å². The van der Waals surface area contributed by atoms with Crippen LogP contribution < -0.4 is 15.8 Å². The first-order valence-corrected chi connectivity index (χ1v) is 7.61. The summed E-state index contributed by atoms with van der Waals surface area (Å²) in [4.78, 5) is 11.7. The zero-order chi connectivity index (χ0) is 14.0. The van der Waals surface area contributed by atoms with Crippen LogP contribution in [-0.2, 0) is 14.8 Å². The number of nitrogens with two attached hydrogens (primary N) is 1. The van der Waals surface area contributed by atoms with E-state index in [1.165, 1.54) is 18.2 Å². The number of carbonyl (C=O) groups excluding carboxylic acids is 1. The molecule has 1 aliphatic heterocycles. The molecule has 1 aliphatic rings. The molecular weight excluding hydrogens is 290 g/mol. The molecular formula is C11H14ClN3O3S. The van der Waals surface area contributed by atoms with Crippen molar-refractivity contribution in [2.45, 2.75) is 11.3 Å². The second-order valence-electron chi connectivity index (χ2n) is 4.46. The van der Waals surface area contributed by atoms with Crippen LogP contribution in [0.3, 0.4) is 0 Å². The Hall–Kier alpha value is -1.15. The quantitative estimate of drug-likeness (QED) is 0.755. The van der Waals surface area contributed by atoms with Crippen LogP contribution >= 0.6 is 11.6 Å². The summed E-state index contributed by atoms with van der Waals surface area (Å²) in [5.41, 5.74) is 0.255. The molecule has 19 heavy (non-hydrogen) atoms. The standard InChI is InChI=1S/C11H14ClN3O3S/c12-9-2-1-8(19(13,17)18)4-10(9)15-11(16)3-7-5-14-6-7/h1-2,4,7,14H,3,5-6H2,(H,15,16)(H2,13,17,18). The number of nitrogens with one attached hydrogen (secondary N) is 2. The van der Waals surface area contributed by atoms with Gasteiger partial charge in [0, 0.05) is 6.42 Å². The van der Waals surface area contributed by atoms with Gasteiger partial charge in [0.05, 0.1) is 15.6 Å². The molecule has 0 atom stereocenters. The van der Waals surface area contributed by atoms with Gasteiger partial charge in [-0.15, -0.1) is 0 Å². The van der Waals surface area contributed by atoms with Gasteiger partial charge in [0.25, 0.3) is 0 Å². The van der Waals surface area contributed by atoms with Crippen LogP contribution in [-0.4, -0.2) is 27.4 Å². The lowest BCUT2D eigenvalue weighted by atomic mass is 9.99. The number of hydrogen-bond donors (Lipinski definition) is 3. The monoisotopic (exact) mass is 303 g/mol. The van der Waals surface area contributed by atoms with Crippen LogP contribution in [0.2, 0.25) is 5.02 Å². The minimum Gasteiger partial charge on any atom is -0.325 e. The van der Waals surface area contributed by atoms with E-state index in [9.17, 15) is 13.2 Å². The molecule has 0 aliphatic carbocycles. The summed E-state index contributed by atoms with van der Waals surface area (Å²) in [6.07, 6.45) is 0.378. The minimum absolute atomic E-state index is 0.0856. The van der Waals surface area contributed by atoms with Crippen molar-refractivity contribution in [3.63, 3.8) is 0 Å². The highest BCUT2D eigenvalue weighted by Gasteiger charge is 2.21. The normalized spacial score (nSPS) is 15.9. The number of amides is 1. The number of carbonyl (C=O) groups is 1. The second-order valence-corrected chi connectivity index (χ2v) is 6.43. The molecule has 0 unspecified atom stereocenters. The Kier molecular flexibility index (Phi) is 4.10. The van der Waals surface area contributed by atoms with E-state index in [-0.39, 0.29) is 21.5 Å². The van der Waals surface area contributed by atoms with Crippen LogP contribution in [0.15, 0.2) is 23.1 Å². The summed E-state index contributed by atoms with van der Waals surface area (Å²) in [6.45, 7) is 1.64. The zero-order valence-electron chi connectivity index (χ0n) is 10.0. The fourth-order valence-electron chi connectivity index (χ4n) is 1.73. The largest absolute Gasteiger partial charge is 0.325 e. The number of anilines is 1. The van der Waals surface area contributed by atoms with Gasteiger partial charge in [0.15, 0.2) is 0 Å². The first-order valence-electron chi connectivity index (χ1n) is 5.69.